The van der Waals surface area contributed by atoms with Gasteiger partial charge in [0.2, 0.25) is 0 Å². The summed E-state index contributed by atoms with van der Waals surface area (Å²) in [6.07, 6.45) is 0.0178. The Morgan fingerprint density at radius 2 is 1.34 bits per heavy atom. The average molecular weight is 453 g/mol. The molecule has 3 aromatic rings. The molecule has 150 valence electrons. The average Bonchev–Trinajstić information content (AvgIpc) is 3.16. The molecule has 29 heavy (non-hydrogen) atoms. The van der Waals surface area contributed by atoms with Crippen LogP contribution < -0.4 is 4.46 Å². The molecule has 4 rings (SSSR count). The quantitative estimate of drug-likeness (QED) is 0.459. The maximum absolute atomic E-state index is 6.40. The number of rotatable bonds is 9. The Kier molecular flexibility index (Phi) is 7.52. The van der Waals surface area contributed by atoms with Crippen LogP contribution in [0.5, 0.6) is 0 Å². The van der Waals surface area contributed by atoms with Crippen LogP contribution in [0, 0.1) is 0 Å². The van der Waals surface area contributed by atoms with Crippen molar-refractivity contribution in [2.45, 2.75) is 30.2 Å². The van der Waals surface area contributed by atoms with E-state index in [1.807, 2.05) is 24.3 Å². The van der Waals surface area contributed by atoms with Gasteiger partial charge in [-0.2, -0.15) is 0 Å². The van der Waals surface area contributed by atoms with Crippen LogP contribution in [-0.4, -0.2) is 40.4 Å². The Morgan fingerprint density at radius 1 is 0.759 bits per heavy atom. The van der Waals surface area contributed by atoms with Crippen molar-refractivity contribution in [3.63, 3.8) is 0 Å². The first-order valence-electron chi connectivity index (χ1n) is 9.99. The number of ether oxygens (including phenoxy) is 3. The molecule has 4 heteroatoms. The van der Waals surface area contributed by atoms with Crippen molar-refractivity contribution in [2.24, 2.45) is 0 Å². The molecule has 1 aliphatic heterocycles. The van der Waals surface area contributed by atoms with E-state index in [4.69, 9.17) is 14.2 Å². The molecule has 0 aliphatic carbocycles. The summed E-state index contributed by atoms with van der Waals surface area (Å²) >= 11 is 0.302. The minimum absolute atomic E-state index is 0.0296. The Bertz CT molecular complexity index is 842. The van der Waals surface area contributed by atoms with Gasteiger partial charge in [-0.25, -0.2) is 0 Å². The second-order valence-corrected chi connectivity index (χ2v) is 9.86. The number of hydrogen-bond donors (Lipinski definition) is 0. The van der Waals surface area contributed by atoms with Gasteiger partial charge in [0.25, 0.3) is 0 Å². The van der Waals surface area contributed by atoms with Crippen LogP contribution in [0.15, 0.2) is 91.0 Å². The van der Waals surface area contributed by atoms with Crippen molar-refractivity contribution >= 4 is 19.4 Å². The molecule has 3 aromatic carbocycles. The van der Waals surface area contributed by atoms with Gasteiger partial charge in [0, 0.05) is 0 Å². The Labute approximate surface area is 179 Å². The van der Waals surface area contributed by atoms with Gasteiger partial charge in [-0.1, -0.05) is 0 Å². The van der Waals surface area contributed by atoms with Gasteiger partial charge >= 0.3 is 179 Å². The van der Waals surface area contributed by atoms with Crippen molar-refractivity contribution in [3.05, 3.63) is 102 Å². The third-order valence-corrected chi connectivity index (χ3v) is 7.54. The third-order valence-electron chi connectivity index (χ3n) is 4.92. The fraction of sp³-hybridized carbons (Fsp3) is 0.280. The summed E-state index contributed by atoms with van der Waals surface area (Å²) in [7, 11) is 0. The molecular formula is C25H26O3Se. The van der Waals surface area contributed by atoms with Crippen LogP contribution in [-0.2, 0) is 27.4 Å². The number of hydrogen-bond acceptors (Lipinski definition) is 3. The van der Waals surface area contributed by atoms with Crippen LogP contribution >= 0.6 is 0 Å². The molecule has 0 bridgehead atoms. The summed E-state index contributed by atoms with van der Waals surface area (Å²) in [6.45, 7) is 2.48. The van der Waals surface area contributed by atoms with Crippen molar-refractivity contribution < 1.29 is 14.2 Å². The monoisotopic (exact) mass is 454 g/mol. The molecule has 0 amide bonds. The third kappa shape index (κ3) is 6.02. The summed E-state index contributed by atoms with van der Waals surface area (Å²) in [5.41, 5.74) is 2.37. The molecule has 0 unspecified atom stereocenters. The summed E-state index contributed by atoms with van der Waals surface area (Å²) in [6, 6.07) is 31.3. The van der Waals surface area contributed by atoms with Crippen LogP contribution in [0.4, 0.5) is 0 Å². The van der Waals surface area contributed by atoms with E-state index in [0.29, 0.717) is 39.6 Å². The molecule has 0 spiro atoms. The van der Waals surface area contributed by atoms with Crippen molar-refractivity contribution in [2.75, 3.05) is 13.2 Å². The van der Waals surface area contributed by atoms with E-state index in [-0.39, 0.29) is 12.2 Å². The SMILES string of the molecule is c1ccc(COC[C@H]2OC[C@H]([Se]c3ccccc3)[C@@H]2OCc2ccccc2)cc1. The summed E-state index contributed by atoms with van der Waals surface area (Å²) in [5, 5.41) is 0. The van der Waals surface area contributed by atoms with Gasteiger partial charge in [0.1, 0.15) is 0 Å². The molecule has 0 radical (unpaired) electrons. The standard InChI is InChI=1S/C25H26O3Se/c1-4-10-20(11-5-1)16-26-18-23-25(28-17-21-12-6-2-7-13-21)24(19-27-23)29-22-14-8-3-9-15-22/h1-15,23-25H,16-19H2/t23-,24+,25-/m1/s1. The van der Waals surface area contributed by atoms with E-state index in [1.54, 1.807) is 0 Å². The second kappa shape index (κ2) is 10.7. The molecule has 0 N–H and O–H groups in total. The van der Waals surface area contributed by atoms with Crippen molar-refractivity contribution in [1.29, 1.82) is 0 Å². The van der Waals surface area contributed by atoms with Crippen molar-refractivity contribution in [3.8, 4) is 0 Å². The molecule has 3 atom stereocenters. The van der Waals surface area contributed by atoms with E-state index in [1.165, 1.54) is 15.6 Å². The van der Waals surface area contributed by atoms with Gasteiger partial charge in [-0.15, -0.1) is 0 Å². The minimum atomic E-state index is -0.0296. The van der Waals surface area contributed by atoms with E-state index in [2.05, 4.69) is 66.7 Å². The van der Waals surface area contributed by atoms with Gasteiger partial charge in [-0.05, 0) is 0 Å². The van der Waals surface area contributed by atoms with Crippen LogP contribution in [0.25, 0.3) is 0 Å². The molecule has 3 nitrogen and oxygen atoms in total. The first-order chi connectivity index (χ1) is 14.4. The maximum atomic E-state index is 6.40. The van der Waals surface area contributed by atoms with E-state index >= 15 is 0 Å². The van der Waals surface area contributed by atoms with E-state index in [9.17, 15) is 0 Å². The normalized spacial score (nSPS) is 21.3. The molecule has 0 saturated carbocycles. The zero-order chi connectivity index (χ0) is 19.7. The second-order valence-electron chi connectivity index (χ2n) is 7.10. The molecule has 0 aromatic heterocycles. The summed E-state index contributed by atoms with van der Waals surface area (Å²) in [5.74, 6) is 0. The summed E-state index contributed by atoms with van der Waals surface area (Å²) in [4.78, 5) is 0.388. The van der Waals surface area contributed by atoms with E-state index in [0.717, 1.165) is 6.61 Å². The molecule has 1 aliphatic rings. The molecule has 1 saturated heterocycles. The van der Waals surface area contributed by atoms with Crippen LogP contribution in [0.1, 0.15) is 11.1 Å². The predicted octanol–water partition coefficient (Wildman–Crippen LogP) is 4.01. The summed E-state index contributed by atoms with van der Waals surface area (Å²) < 4.78 is 19.9. The van der Waals surface area contributed by atoms with Crippen LogP contribution in [0.2, 0.25) is 4.82 Å². The fourth-order valence-corrected chi connectivity index (χ4v) is 5.93. The Morgan fingerprint density at radius 3 is 2.00 bits per heavy atom. The Hall–Kier alpha value is -1.94. The fourth-order valence-electron chi connectivity index (χ4n) is 3.41. The zero-order valence-corrected chi connectivity index (χ0v) is 18.1. The van der Waals surface area contributed by atoms with Crippen LogP contribution in [0.3, 0.4) is 0 Å². The molecule has 1 fully saturated rings. The number of benzene rings is 3. The first-order valence-corrected chi connectivity index (χ1v) is 11.8. The predicted molar refractivity (Wildman–Crippen MR) is 116 cm³/mol. The van der Waals surface area contributed by atoms with Gasteiger partial charge in [-0.3, -0.25) is 0 Å². The van der Waals surface area contributed by atoms with Crippen molar-refractivity contribution in [1.82, 2.24) is 0 Å². The van der Waals surface area contributed by atoms with Gasteiger partial charge in [0.15, 0.2) is 0 Å². The van der Waals surface area contributed by atoms with Gasteiger partial charge in [0.05, 0.1) is 0 Å². The Balaban J connectivity index is 1.38. The molecule has 1 heterocycles. The first kappa shape index (κ1) is 20.3. The zero-order valence-electron chi connectivity index (χ0n) is 16.4. The van der Waals surface area contributed by atoms with Gasteiger partial charge < -0.3 is 0 Å². The van der Waals surface area contributed by atoms with E-state index < -0.39 is 0 Å². The topological polar surface area (TPSA) is 27.7 Å². The molecular weight excluding hydrogens is 427 g/mol.